The molecule has 4 amide bonds. The van der Waals surface area contributed by atoms with Gasteiger partial charge in [0.1, 0.15) is 0 Å². The number of urea groups is 1. The Labute approximate surface area is 117 Å². The molecule has 1 unspecified atom stereocenters. The maximum atomic E-state index is 11.4. The van der Waals surface area contributed by atoms with E-state index in [4.69, 9.17) is 5.11 Å². The molecule has 0 radical (unpaired) electrons. The van der Waals surface area contributed by atoms with Crippen LogP contribution in [-0.2, 0) is 14.4 Å². The molecule has 0 saturated carbocycles. The van der Waals surface area contributed by atoms with Crippen LogP contribution in [-0.4, -0.2) is 42.0 Å². The Hall–Kier alpha value is -2.12. The second-order valence-electron chi connectivity index (χ2n) is 4.49. The zero-order valence-corrected chi connectivity index (χ0v) is 11.7. The fourth-order valence-corrected chi connectivity index (χ4v) is 1.40. The lowest BCUT2D eigenvalue weighted by atomic mass is 10.0. The van der Waals surface area contributed by atoms with Crippen molar-refractivity contribution < 1.29 is 24.3 Å². The van der Waals surface area contributed by atoms with Crippen molar-refractivity contribution in [2.24, 2.45) is 5.92 Å². The molecule has 0 aliphatic carbocycles. The number of carboxylic acid groups (broad SMARTS) is 1. The molecule has 8 heteroatoms. The average Bonchev–Trinajstić information content (AvgIpc) is 2.32. The number of nitrogens with one attached hydrogen (secondary N) is 3. The predicted molar refractivity (Wildman–Crippen MR) is 70.9 cm³/mol. The summed E-state index contributed by atoms with van der Waals surface area (Å²) in [5.41, 5.74) is 0. The number of carbonyl (C=O) groups is 4. The van der Waals surface area contributed by atoms with E-state index >= 15 is 0 Å². The molecule has 0 aromatic heterocycles. The highest BCUT2D eigenvalue weighted by Gasteiger charge is 2.14. The van der Waals surface area contributed by atoms with Gasteiger partial charge in [0.05, 0.1) is 6.54 Å². The first-order valence-electron chi connectivity index (χ1n) is 6.41. The maximum absolute atomic E-state index is 11.4. The van der Waals surface area contributed by atoms with E-state index in [-0.39, 0.29) is 31.2 Å². The van der Waals surface area contributed by atoms with Gasteiger partial charge in [0.15, 0.2) is 0 Å². The lowest BCUT2D eigenvalue weighted by Gasteiger charge is -2.09. The molecule has 0 aliphatic rings. The van der Waals surface area contributed by atoms with E-state index in [2.05, 4.69) is 10.6 Å². The average molecular weight is 287 g/mol. The third-order valence-electron chi connectivity index (χ3n) is 2.29. The number of carbonyl (C=O) groups excluding carboxylic acids is 3. The first-order chi connectivity index (χ1) is 9.35. The molecular formula is C12H21N3O5. The highest BCUT2D eigenvalue weighted by molar-refractivity contribution is 5.95. The van der Waals surface area contributed by atoms with Crippen LogP contribution < -0.4 is 16.0 Å². The van der Waals surface area contributed by atoms with E-state index in [0.717, 1.165) is 6.42 Å². The second kappa shape index (κ2) is 9.76. The molecule has 0 spiro atoms. The third-order valence-corrected chi connectivity index (χ3v) is 2.29. The summed E-state index contributed by atoms with van der Waals surface area (Å²) in [4.78, 5) is 44.3. The molecule has 0 saturated heterocycles. The van der Waals surface area contributed by atoms with Gasteiger partial charge in [-0.25, -0.2) is 4.79 Å². The van der Waals surface area contributed by atoms with Crippen LogP contribution in [0.2, 0.25) is 0 Å². The van der Waals surface area contributed by atoms with Gasteiger partial charge in [0.2, 0.25) is 11.8 Å². The Bertz CT molecular complexity index is 370. The minimum Gasteiger partial charge on any atom is -0.481 e. The van der Waals surface area contributed by atoms with Gasteiger partial charge in [-0.3, -0.25) is 19.7 Å². The normalized spacial score (nSPS) is 11.3. The molecule has 1 atom stereocenters. The van der Waals surface area contributed by atoms with Crippen molar-refractivity contribution in [2.45, 2.75) is 33.1 Å². The van der Waals surface area contributed by atoms with Gasteiger partial charge >= 0.3 is 12.0 Å². The molecule has 8 nitrogen and oxygen atoms in total. The van der Waals surface area contributed by atoms with Gasteiger partial charge in [-0.05, 0) is 12.3 Å². The van der Waals surface area contributed by atoms with Crippen molar-refractivity contribution in [3.8, 4) is 0 Å². The van der Waals surface area contributed by atoms with E-state index in [9.17, 15) is 19.2 Å². The van der Waals surface area contributed by atoms with E-state index in [1.165, 1.54) is 0 Å². The zero-order chi connectivity index (χ0) is 15.5. The molecule has 4 N–H and O–H groups in total. The fraction of sp³-hybridized carbons (Fsp3) is 0.667. The number of carboxylic acids is 1. The summed E-state index contributed by atoms with van der Waals surface area (Å²) in [7, 11) is 0. The summed E-state index contributed by atoms with van der Waals surface area (Å²) < 4.78 is 0. The van der Waals surface area contributed by atoms with Crippen LogP contribution in [0.25, 0.3) is 0 Å². The molecule has 20 heavy (non-hydrogen) atoms. The van der Waals surface area contributed by atoms with Crippen molar-refractivity contribution in [1.29, 1.82) is 0 Å². The highest BCUT2D eigenvalue weighted by Crippen LogP contribution is 2.06. The van der Waals surface area contributed by atoms with Crippen LogP contribution in [0.15, 0.2) is 0 Å². The van der Waals surface area contributed by atoms with E-state index in [1.807, 2.05) is 12.2 Å². The minimum atomic E-state index is -0.998. The van der Waals surface area contributed by atoms with Crippen LogP contribution in [0.3, 0.4) is 0 Å². The summed E-state index contributed by atoms with van der Waals surface area (Å²) in [5, 5.41) is 15.4. The van der Waals surface area contributed by atoms with E-state index < -0.39 is 17.9 Å². The molecule has 0 bridgehead atoms. The zero-order valence-electron chi connectivity index (χ0n) is 11.7. The molecule has 0 fully saturated rings. The van der Waals surface area contributed by atoms with E-state index in [0.29, 0.717) is 6.54 Å². The van der Waals surface area contributed by atoms with Crippen LogP contribution in [0, 0.1) is 5.92 Å². The number of hydrogen-bond acceptors (Lipinski definition) is 4. The van der Waals surface area contributed by atoms with Crippen LogP contribution in [0.4, 0.5) is 4.79 Å². The quantitative estimate of drug-likeness (QED) is 0.493. The molecule has 0 rings (SSSR count). The lowest BCUT2D eigenvalue weighted by molar-refractivity contribution is -0.138. The number of imide groups is 1. The van der Waals surface area contributed by atoms with Gasteiger partial charge < -0.3 is 15.7 Å². The van der Waals surface area contributed by atoms with Crippen molar-refractivity contribution >= 4 is 23.8 Å². The number of amides is 4. The Kier molecular flexibility index (Phi) is 8.73. The SMILES string of the molecule is CCCNC(=O)CNC(=O)NC(=O)CC(C)CC(=O)O. The topological polar surface area (TPSA) is 125 Å². The first kappa shape index (κ1) is 17.9. The summed E-state index contributed by atoms with van der Waals surface area (Å²) in [6.45, 7) is 3.80. The van der Waals surface area contributed by atoms with E-state index in [1.54, 1.807) is 6.92 Å². The summed E-state index contributed by atoms with van der Waals surface area (Å²) >= 11 is 0. The Morgan fingerprint density at radius 2 is 1.70 bits per heavy atom. The number of hydrogen-bond donors (Lipinski definition) is 4. The van der Waals surface area contributed by atoms with Gasteiger partial charge in [0.25, 0.3) is 0 Å². The van der Waals surface area contributed by atoms with Gasteiger partial charge in [-0.15, -0.1) is 0 Å². The smallest absolute Gasteiger partial charge is 0.321 e. The molecule has 0 aliphatic heterocycles. The van der Waals surface area contributed by atoms with Crippen LogP contribution >= 0.6 is 0 Å². The lowest BCUT2D eigenvalue weighted by Crippen LogP contribution is -2.44. The largest absolute Gasteiger partial charge is 0.481 e. The Morgan fingerprint density at radius 1 is 1.05 bits per heavy atom. The Morgan fingerprint density at radius 3 is 2.25 bits per heavy atom. The summed E-state index contributed by atoms with van der Waals surface area (Å²) in [6, 6.07) is -0.774. The predicted octanol–water partition coefficient (Wildman–Crippen LogP) is -0.161. The van der Waals surface area contributed by atoms with Crippen LogP contribution in [0.1, 0.15) is 33.1 Å². The Balaban J connectivity index is 3.87. The second-order valence-corrected chi connectivity index (χ2v) is 4.49. The van der Waals surface area contributed by atoms with Gasteiger partial charge in [-0.2, -0.15) is 0 Å². The number of rotatable bonds is 8. The maximum Gasteiger partial charge on any atom is 0.321 e. The van der Waals surface area contributed by atoms with Crippen molar-refractivity contribution in [3.05, 3.63) is 0 Å². The molecule has 114 valence electrons. The standard InChI is InChI=1S/C12H21N3O5/c1-3-4-13-10(17)7-14-12(20)15-9(16)5-8(2)6-11(18)19/h8H,3-7H2,1-2H3,(H,13,17)(H,18,19)(H2,14,15,16,20). The van der Waals surface area contributed by atoms with Gasteiger partial charge in [0, 0.05) is 19.4 Å². The fourth-order valence-electron chi connectivity index (χ4n) is 1.40. The molecular weight excluding hydrogens is 266 g/mol. The van der Waals surface area contributed by atoms with Crippen LogP contribution in [0.5, 0.6) is 0 Å². The van der Waals surface area contributed by atoms with Crippen molar-refractivity contribution in [2.75, 3.05) is 13.1 Å². The minimum absolute atomic E-state index is 0.0677. The van der Waals surface area contributed by atoms with Crippen molar-refractivity contribution in [3.63, 3.8) is 0 Å². The first-order valence-corrected chi connectivity index (χ1v) is 6.41. The molecule has 0 aromatic carbocycles. The van der Waals surface area contributed by atoms with Crippen molar-refractivity contribution in [1.82, 2.24) is 16.0 Å². The summed E-state index contributed by atoms with van der Waals surface area (Å²) in [5.74, 6) is -2.28. The number of aliphatic carboxylic acids is 1. The third kappa shape index (κ3) is 9.86. The monoisotopic (exact) mass is 287 g/mol. The van der Waals surface area contributed by atoms with Gasteiger partial charge in [-0.1, -0.05) is 13.8 Å². The highest BCUT2D eigenvalue weighted by atomic mass is 16.4. The summed E-state index contributed by atoms with van der Waals surface area (Å²) in [6.07, 6.45) is 0.577. The molecule has 0 heterocycles. The molecule has 0 aromatic rings.